The smallest absolute Gasteiger partial charge is 0.203 e. The maximum atomic E-state index is 9.69. The molecule has 5 nitrogen and oxygen atoms in total. The summed E-state index contributed by atoms with van der Waals surface area (Å²) in [6.45, 7) is 6.19. The van der Waals surface area contributed by atoms with E-state index in [0.29, 0.717) is 12.2 Å². The number of aliphatic hydroxyl groups excluding tert-OH is 1. The van der Waals surface area contributed by atoms with Gasteiger partial charge in [0.15, 0.2) is 0 Å². The highest BCUT2D eigenvalue weighted by atomic mass is 16.3. The molecule has 0 saturated heterocycles. The van der Waals surface area contributed by atoms with Gasteiger partial charge >= 0.3 is 0 Å². The Labute approximate surface area is 77.8 Å². The zero-order valence-electron chi connectivity index (χ0n) is 8.52. The molecule has 0 aliphatic rings. The van der Waals surface area contributed by atoms with Crippen molar-refractivity contribution in [1.82, 2.24) is 20.2 Å². The van der Waals surface area contributed by atoms with Crippen molar-refractivity contribution >= 4 is 0 Å². The van der Waals surface area contributed by atoms with Gasteiger partial charge in [-0.2, -0.15) is 4.80 Å². The minimum Gasteiger partial charge on any atom is -0.385 e. The molecule has 0 amide bonds. The van der Waals surface area contributed by atoms with Crippen LogP contribution in [0, 0.1) is 5.41 Å². The predicted octanol–water partition coefficient (Wildman–Crippen LogP) is 0.680. The summed E-state index contributed by atoms with van der Waals surface area (Å²) in [7, 11) is 1.68. The quantitative estimate of drug-likeness (QED) is 0.734. The second-order valence-electron chi connectivity index (χ2n) is 4.42. The van der Waals surface area contributed by atoms with Gasteiger partial charge in [0, 0.05) is 0 Å². The van der Waals surface area contributed by atoms with Gasteiger partial charge in [0.05, 0.1) is 7.05 Å². The molecule has 13 heavy (non-hydrogen) atoms. The van der Waals surface area contributed by atoms with E-state index in [0.717, 1.165) is 0 Å². The Morgan fingerprint density at radius 3 is 2.46 bits per heavy atom. The van der Waals surface area contributed by atoms with E-state index in [1.54, 1.807) is 7.05 Å². The summed E-state index contributed by atoms with van der Waals surface area (Å²) in [5.41, 5.74) is 0.0681. The Kier molecular flexibility index (Phi) is 2.66. The monoisotopic (exact) mass is 184 g/mol. The van der Waals surface area contributed by atoms with E-state index in [2.05, 4.69) is 36.2 Å². The largest absolute Gasteiger partial charge is 0.385 e. The number of aryl methyl sites for hydroxylation is 1. The fourth-order valence-electron chi connectivity index (χ4n) is 1.10. The Morgan fingerprint density at radius 1 is 1.46 bits per heavy atom. The highest BCUT2D eigenvalue weighted by molar-refractivity contribution is 4.86. The first-order valence-corrected chi connectivity index (χ1v) is 4.30. The van der Waals surface area contributed by atoms with E-state index in [-0.39, 0.29) is 5.41 Å². The number of hydrogen-bond donors (Lipinski definition) is 1. The molecule has 0 aromatic carbocycles. The second-order valence-corrected chi connectivity index (χ2v) is 4.42. The van der Waals surface area contributed by atoms with Gasteiger partial charge in [0.25, 0.3) is 0 Å². The van der Waals surface area contributed by atoms with Crippen LogP contribution in [0.5, 0.6) is 0 Å². The fourth-order valence-corrected chi connectivity index (χ4v) is 1.10. The van der Waals surface area contributed by atoms with Gasteiger partial charge < -0.3 is 5.11 Å². The number of tetrazole rings is 1. The Morgan fingerprint density at radius 2 is 2.08 bits per heavy atom. The molecule has 1 aromatic heterocycles. The van der Waals surface area contributed by atoms with Gasteiger partial charge in [-0.3, -0.25) is 0 Å². The van der Waals surface area contributed by atoms with E-state index in [1.165, 1.54) is 4.80 Å². The summed E-state index contributed by atoms with van der Waals surface area (Å²) < 4.78 is 0. The lowest BCUT2D eigenvalue weighted by atomic mass is 9.89. The van der Waals surface area contributed by atoms with Crippen LogP contribution in [0.3, 0.4) is 0 Å². The molecule has 1 atom stereocenters. The zero-order chi connectivity index (χ0) is 10.1. The summed E-state index contributed by atoms with van der Waals surface area (Å²) in [6.07, 6.45) is 0.0206. The van der Waals surface area contributed by atoms with Crippen LogP contribution < -0.4 is 0 Å². The molecule has 1 unspecified atom stereocenters. The summed E-state index contributed by atoms with van der Waals surface area (Å²) in [5.74, 6) is 0.400. The van der Waals surface area contributed by atoms with Crippen molar-refractivity contribution in [2.75, 3.05) is 0 Å². The number of hydrogen-bond acceptors (Lipinski definition) is 4. The van der Waals surface area contributed by atoms with Crippen LogP contribution in [0.1, 0.15) is 39.1 Å². The third-order valence-electron chi connectivity index (χ3n) is 1.63. The molecule has 1 heterocycles. The SMILES string of the molecule is Cn1nnc(C(O)CC(C)(C)C)n1. The van der Waals surface area contributed by atoms with Crippen LogP contribution in [-0.4, -0.2) is 25.3 Å². The van der Waals surface area contributed by atoms with Crippen molar-refractivity contribution in [2.24, 2.45) is 12.5 Å². The highest BCUT2D eigenvalue weighted by Crippen LogP contribution is 2.26. The first kappa shape index (κ1) is 10.1. The molecular formula is C8H16N4O. The average Bonchev–Trinajstić information content (AvgIpc) is 2.31. The van der Waals surface area contributed by atoms with E-state index in [9.17, 15) is 5.11 Å². The Balaban J connectivity index is 2.64. The van der Waals surface area contributed by atoms with Gasteiger partial charge in [-0.15, -0.1) is 10.2 Å². The first-order chi connectivity index (χ1) is 5.88. The van der Waals surface area contributed by atoms with Gasteiger partial charge in [-0.1, -0.05) is 20.8 Å². The van der Waals surface area contributed by atoms with E-state index < -0.39 is 6.10 Å². The zero-order valence-corrected chi connectivity index (χ0v) is 8.52. The molecule has 1 N–H and O–H groups in total. The first-order valence-electron chi connectivity index (χ1n) is 4.30. The molecule has 0 radical (unpaired) electrons. The maximum Gasteiger partial charge on any atom is 0.203 e. The molecule has 0 fully saturated rings. The van der Waals surface area contributed by atoms with Crippen LogP contribution in [0.25, 0.3) is 0 Å². The molecular weight excluding hydrogens is 168 g/mol. The Hall–Kier alpha value is -0.970. The van der Waals surface area contributed by atoms with Gasteiger partial charge in [0.1, 0.15) is 6.10 Å². The lowest BCUT2D eigenvalue weighted by Gasteiger charge is -2.20. The van der Waals surface area contributed by atoms with Crippen molar-refractivity contribution < 1.29 is 5.11 Å². The van der Waals surface area contributed by atoms with Crippen LogP contribution in [-0.2, 0) is 7.05 Å². The van der Waals surface area contributed by atoms with Crippen LogP contribution in [0.4, 0.5) is 0 Å². The minimum atomic E-state index is -0.617. The van der Waals surface area contributed by atoms with Crippen molar-refractivity contribution in [2.45, 2.75) is 33.3 Å². The number of nitrogens with zero attached hydrogens (tertiary/aromatic N) is 4. The van der Waals surface area contributed by atoms with Crippen LogP contribution in [0.2, 0.25) is 0 Å². The summed E-state index contributed by atoms with van der Waals surface area (Å²) in [4.78, 5) is 1.35. The molecule has 1 aromatic rings. The standard InChI is InChI=1S/C8H16N4O/c1-8(2,3)5-6(13)7-9-11-12(4)10-7/h6,13H,5H2,1-4H3. The van der Waals surface area contributed by atoms with Gasteiger partial charge in [0.2, 0.25) is 5.82 Å². The fraction of sp³-hybridized carbons (Fsp3) is 0.875. The molecule has 0 saturated carbocycles. The molecule has 0 spiro atoms. The van der Waals surface area contributed by atoms with Gasteiger partial charge in [-0.05, 0) is 17.0 Å². The minimum absolute atomic E-state index is 0.0681. The topological polar surface area (TPSA) is 63.8 Å². The number of aromatic nitrogens is 4. The summed E-state index contributed by atoms with van der Waals surface area (Å²) >= 11 is 0. The number of aliphatic hydroxyl groups is 1. The average molecular weight is 184 g/mol. The van der Waals surface area contributed by atoms with E-state index in [4.69, 9.17) is 0 Å². The van der Waals surface area contributed by atoms with Crippen LogP contribution in [0.15, 0.2) is 0 Å². The maximum absolute atomic E-state index is 9.69. The summed E-state index contributed by atoms with van der Waals surface area (Å²) in [6, 6.07) is 0. The van der Waals surface area contributed by atoms with E-state index >= 15 is 0 Å². The number of rotatable bonds is 2. The highest BCUT2D eigenvalue weighted by Gasteiger charge is 2.21. The Bertz CT molecular complexity index is 276. The lowest BCUT2D eigenvalue weighted by Crippen LogP contribution is -2.12. The van der Waals surface area contributed by atoms with E-state index in [1.807, 2.05) is 0 Å². The molecule has 74 valence electrons. The third kappa shape index (κ3) is 3.10. The van der Waals surface area contributed by atoms with Crippen molar-refractivity contribution in [3.05, 3.63) is 5.82 Å². The third-order valence-corrected chi connectivity index (χ3v) is 1.63. The van der Waals surface area contributed by atoms with Crippen molar-refractivity contribution in [3.8, 4) is 0 Å². The molecule has 0 aliphatic heterocycles. The molecule has 1 rings (SSSR count). The second kappa shape index (κ2) is 3.41. The molecule has 5 heteroatoms. The molecule has 0 bridgehead atoms. The van der Waals surface area contributed by atoms with Gasteiger partial charge in [-0.25, -0.2) is 0 Å². The molecule has 0 aliphatic carbocycles. The van der Waals surface area contributed by atoms with Crippen molar-refractivity contribution in [3.63, 3.8) is 0 Å². The lowest BCUT2D eigenvalue weighted by molar-refractivity contribution is 0.114. The van der Waals surface area contributed by atoms with Crippen LogP contribution >= 0.6 is 0 Å². The summed E-state index contributed by atoms with van der Waals surface area (Å²) in [5, 5.41) is 21.0. The van der Waals surface area contributed by atoms with Crippen molar-refractivity contribution in [1.29, 1.82) is 0 Å². The normalized spacial score (nSPS) is 14.5. The predicted molar refractivity (Wildman–Crippen MR) is 47.8 cm³/mol.